The first-order valence-corrected chi connectivity index (χ1v) is 8.30. The van der Waals surface area contributed by atoms with Crippen LogP contribution in [0.1, 0.15) is 37.6 Å². The molecule has 4 nitrogen and oxygen atoms in total. The number of sulfone groups is 1. The fourth-order valence-corrected chi connectivity index (χ4v) is 4.11. The van der Waals surface area contributed by atoms with E-state index in [9.17, 15) is 13.2 Å². The highest BCUT2D eigenvalue weighted by molar-refractivity contribution is 7.91. The summed E-state index contributed by atoms with van der Waals surface area (Å²) in [5, 5.41) is 8.73. The van der Waals surface area contributed by atoms with Crippen LogP contribution in [-0.4, -0.2) is 25.2 Å². The van der Waals surface area contributed by atoms with Gasteiger partial charge in [0.1, 0.15) is 0 Å². The van der Waals surface area contributed by atoms with Crippen molar-refractivity contribution in [2.24, 2.45) is 5.41 Å². The van der Waals surface area contributed by atoms with E-state index >= 15 is 0 Å². The van der Waals surface area contributed by atoms with Crippen molar-refractivity contribution in [1.82, 2.24) is 0 Å². The van der Waals surface area contributed by atoms with Crippen LogP contribution in [0.2, 0.25) is 10.0 Å². The smallest absolute Gasteiger partial charge is 0.337 e. The molecule has 0 aliphatic heterocycles. The Morgan fingerprint density at radius 2 is 1.80 bits per heavy atom. The van der Waals surface area contributed by atoms with Crippen molar-refractivity contribution in [3.63, 3.8) is 0 Å². The maximum absolute atomic E-state index is 12.3. The standard InChI is InChI=1S/C13H16Cl2O4S/c1-13(2,3)4-5-20(18,19)10-7-8(14)6-9(11(10)15)12(16)17/h6-7H,4-5H2,1-3H3,(H,16,17). The number of aromatic carboxylic acids is 1. The maximum Gasteiger partial charge on any atom is 0.337 e. The fraction of sp³-hybridized carbons (Fsp3) is 0.462. The molecule has 7 heteroatoms. The van der Waals surface area contributed by atoms with E-state index in [-0.39, 0.29) is 31.7 Å². The Hall–Kier alpha value is -0.780. The quantitative estimate of drug-likeness (QED) is 0.903. The van der Waals surface area contributed by atoms with Crippen molar-refractivity contribution in [3.8, 4) is 0 Å². The largest absolute Gasteiger partial charge is 0.478 e. The predicted molar refractivity (Wildman–Crippen MR) is 79.5 cm³/mol. The predicted octanol–water partition coefficient (Wildman–Crippen LogP) is 3.90. The minimum Gasteiger partial charge on any atom is -0.478 e. The topological polar surface area (TPSA) is 71.4 Å². The zero-order valence-electron chi connectivity index (χ0n) is 11.4. The molecule has 0 aromatic heterocycles. The van der Waals surface area contributed by atoms with Crippen molar-refractivity contribution in [1.29, 1.82) is 0 Å². The molecule has 20 heavy (non-hydrogen) atoms. The molecule has 1 rings (SSSR count). The van der Waals surface area contributed by atoms with Crippen LogP contribution in [-0.2, 0) is 9.84 Å². The van der Waals surface area contributed by atoms with E-state index in [4.69, 9.17) is 28.3 Å². The zero-order chi connectivity index (χ0) is 15.7. The molecule has 0 saturated carbocycles. The molecule has 0 amide bonds. The Morgan fingerprint density at radius 3 is 2.25 bits per heavy atom. The lowest BCUT2D eigenvalue weighted by Crippen LogP contribution is -2.16. The number of carboxylic acids is 1. The molecule has 1 aromatic carbocycles. The summed E-state index contributed by atoms with van der Waals surface area (Å²) < 4.78 is 24.6. The van der Waals surface area contributed by atoms with Crippen LogP contribution in [0.3, 0.4) is 0 Å². The number of rotatable bonds is 4. The summed E-state index contributed by atoms with van der Waals surface area (Å²) >= 11 is 11.7. The molecule has 0 fully saturated rings. The van der Waals surface area contributed by atoms with Crippen LogP contribution < -0.4 is 0 Å². The summed E-state index contributed by atoms with van der Waals surface area (Å²) in [5.41, 5.74) is -0.471. The molecule has 0 aliphatic rings. The van der Waals surface area contributed by atoms with Gasteiger partial charge in [-0.25, -0.2) is 13.2 Å². The normalized spacial score (nSPS) is 12.4. The molecule has 0 unspecified atom stereocenters. The van der Waals surface area contributed by atoms with Gasteiger partial charge in [0, 0.05) is 5.02 Å². The van der Waals surface area contributed by atoms with Crippen LogP contribution in [0.5, 0.6) is 0 Å². The lowest BCUT2D eigenvalue weighted by Gasteiger charge is -2.18. The van der Waals surface area contributed by atoms with Gasteiger partial charge < -0.3 is 5.11 Å². The molecule has 0 saturated heterocycles. The third-order valence-electron chi connectivity index (χ3n) is 2.69. The summed E-state index contributed by atoms with van der Waals surface area (Å²) in [5.74, 6) is -1.43. The Balaban J connectivity index is 3.29. The minimum atomic E-state index is -3.68. The fourth-order valence-electron chi connectivity index (χ4n) is 1.50. The molecule has 0 heterocycles. The third-order valence-corrected chi connectivity index (χ3v) is 5.16. The van der Waals surface area contributed by atoms with Crippen molar-refractivity contribution < 1.29 is 18.3 Å². The molecule has 1 aromatic rings. The van der Waals surface area contributed by atoms with E-state index in [0.717, 1.165) is 6.07 Å². The van der Waals surface area contributed by atoms with E-state index in [2.05, 4.69) is 0 Å². The number of benzene rings is 1. The Kier molecular flexibility index (Phi) is 5.11. The molecule has 112 valence electrons. The van der Waals surface area contributed by atoms with Crippen LogP contribution in [0.4, 0.5) is 0 Å². The second-order valence-electron chi connectivity index (χ2n) is 5.70. The van der Waals surface area contributed by atoms with Gasteiger partial charge in [-0.3, -0.25) is 0 Å². The number of hydrogen-bond donors (Lipinski definition) is 1. The van der Waals surface area contributed by atoms with Gasteiger partial charge in [0.2, 0.25) is 0 Å². The van der Waals surface area contributed by atoms with Gasteiger partial charge >= 0.3 is 5.97 Å². The second kappa shape index (κ2) is 5.92. The van der Waals surface area contributed by atoms with Crippen LogP contribution in [0.25, 0.3) is 0 Å². The summed E-state index contributed by atoms with van der Waals surface area (Å²) in [7, 11) is -3.68. The summed E-state index contributed by atoms with van der Waals surface area (Å²) in [4.78, 5) is 10.8. The summed E-state index contributed by atoms with van der Waals surface area (Å²) in [6, 6.07) is 2.32. The Labute approximate surface area is 128 Å². The molecule has 0 aliphatic carbocycles. The maximum atomic E-state index is 12.3. The molecule has 1 N–H and O–H groups in total. The highest BCUT2D eigenvalue weighted by Gasteiger charge is 2.25. The van der Waals surface area contributed by atoms with Gasteiger partial charge in [0.15, 0.2) is 9.84 Å². The highest BCUT2D eigenvalue weighted by atomic mass is 35.5. The van der Waals surface area contributed by atoms with E-state index in [1.807, 2.05) is 20.8 Å². The molecule has 0 bridgehead atoms. The van der Waals surface area contributed by atoms with E-state index in [1.165, 1.54) is 6.07 Å². The molecule has 0 spiro atoms. The van der Waals surface area contributed by atoms with Gasteiger partial charge in [-0.1, -0.05) is 44.0 Å². The first-order chi connectivity index (χ1) is 8.94. The first-order valence-electron chi connectivity index (χ1n) is 5.89. The lowest BCUT2D eigenvalue weighted by atomic mass is 9.94. The van der Waals surface area contributed by atoms with Gasteiger partial charge in [0.05, 0.1) is 21.2 Å². The third kappa shape index (κ3) is 4.36. The van der Waals surface area contributed by atoms with Crippen LogP contribution in [0.15, 0.2) is 17.0 Å². The minimum absolute atomic E-state index is 0.0288. The van der Waals surface area contributed by atoms with Gasteiger partial charge in [0.25, 0.3) is 0 Å². The van der Waals surface area contributed by atoms with Crippen molar-refractivity contribution >= 4 is 39.0 Å². The summed E-state index contributed by atoms with van der Waals surface area (Å²) in [6.07, 6.45) is 0.431. The van der Waals surface area contributed by atoms with Gasteiger partial charge in [-0.15, -0.1) is 0 Å². The average Bonchev–Trinajstić information content (AvgIpc) is 2.28. The molecule has 0 radical (unpaired) electrons. The van der Waals surface area contributed by atoms with Crippen molar-refractivity contribution in [2.45, 2.75) is 32.1 Å². The summed E-state index contributed by atoms with van der Waals surface area (Å²) in [6.45, 7) is 5.76. The highest BCUT2D eigenvalue weighted by Crippen LogP contribution is 2.31. The van der Waals surface area contributed by atoms with E-state index in [1.54, 1.807) is 0 Å². The molecular formula is C13H16Cl2O4S. The molecule has 0 atom stereocenters. The van der Waals surface area contributed by atoms with Crippen molar-refractivity contribution in [2.75, 3.05) is 5.75 Å². The van der Waals surface area contributed by atoms with Gasteiger partial charge in [-0.2, -0.15) is 0 Å². The second-order valence-corrected chi connectivity index (χ2v) is 8.59. The van der Waals surface area contributed by atoms with Crippen LogP contribution >= 0.6 is 23.2 Å². The Morgan fingerprint density at radius 1 is 1.25 bits per heavy atom. The zero-order valence-corrected chi connectivity index (χ0v) is 13.7. The van der Waals surface area contributed by atoms with Crippen molar-refractivity contribution in [3.05, 3.63) is 27.7 Å². The lowest BCUT2D eigenvalue weighted by molar-refractivity contribution is 0.0697. The molecular weight excluding hydrogens is 323 g/mol. The monoisotopic (exact) mass is 338 g/mol. The first kappa shape index (κ1) is 17.3. The van der Waals surface area contributed by atoms with Gasteiger partial charge in [-0.05, 0) is 24.0 Å². The number of hydrogen-bond acceptors (Lipinski definition) is 3. The average molecular weight is 339 g/mol. The number of carbonyl (C=O) groups is 1. The number of carboxylic acid groups (broad SMARTS) is 1. The van der Waals surface area contributed by atoms with E-state index < -0.39 is 15.8 Å². The van der Waals surface area contributed by atoms with Crippen LogP contribution in [0, 0.1) is 5.41 Å². The van der Waals surface area contributed by atoms with E-state index in [0.29, 0.717) is 6.42 Å². The SMILES string of the molecule is CC(C)(C)CCS(=O)(=O)c1cc(Cl)cc(C(=O)O)c1Cl. The number of halogens is 2. The Bertz CT molecular complexity index is 631.